The van der Waals surface area contributed by atoms with Crippen LogP contribution >= 0.6 is 24.0 Å². The third-order valence-corrected chi connectivity index (χ3v) is 5.16. The summed E-state index contributed by atoms with van der Waals surface area (Å²) in [5.74, 6) is 2.82. The molecule has 1 fully saturated rings. The van der Waals surface area contributed by atoms with Crippen LogP contribution in [0.1, 0.15) is 37.5 Å². The van der Waals surface area contributed by atoms with E-state index in [0.29, 0.717) is 25.7 Å². The second-order valence-electron chi connectivity index (χ2n) is 7.19. The number of nitrogens with one attached hydrogen (secondary N) is 1. The molecule has 0 spiro atoms. The smallest absolute Gasteiger partial charge is 0.193 e. The fraction of sp³-hybridized carbons (Fsp3) is 0.476. The molecule has 29 heavy (non-hydrogen) atoms. The first kappa shape index (κ1) is 21.8. The molecule has 1 atom stereocenters. The van der Waals surface area contributed by atoms with Gasteiger partial charge in [-0.25, -0.2) is 0 Å². The number of hydrogen-bond acceptors (Lipinski definition) is 5. The fourth-order valence-electron chi connectivity index (χ4n) is 3.71. The Morgan fingerprint density at radius 3 is 2.62 bits per heavy atom. The van der Waals surface area contributed by atoms with Crippen LogP contribution in [-0.4, -0.2) is 43.7 Å². The van der Waals surface area contributed by atoms with Crippen LogP contribution in [0.3, 0.4) is 0 Å². The molecule has 158 valence electrons. The molecule has 0 amide bonds. The minimum absolute atomic E-state index is 0. The first-order valence-electron chi connectivity index (χ1n) is 10.0. The van der Waals surface area contributed by atoms with Crippen LogP contribution in [0.25, 0.3) is 0 Å². The van der Waals surface area contributed by atoms with E-state index in [1.807, 2.05) is 30.3 Å². The Balaban J connectivity index is 0.00000240. The maximum atomic E-state index is 6.16. The molecule has 1 saturated heterocycles. The lowest BCUT2D eigenvalue weighted by molar-refractivity contribution is 0.150. The third kappa shape index (κ3) is 5.79. The predicted molar refractivity (Wildman–Crippen MR) is 124 cm³/mol. The van der Waals surface area contributed by atoms with Crippen molar-refractivity contribution in [3.63, 3.8) is 0 Å². The number of fused-ring (bicyclic) bond motifs is 1. The Morgan fingerprint density at radius 2 is 1.86 bits per heavy atom. The molecule has 2 aromatic rings. The van der Waals surface area contributed by atoms with Gasteiger partial charge in [0.15, 0.2) is 17.5 Å². The van der Waals surface area contributed by atoms with Crippen molar-refractivity contribution in [3.05, 3.63) is 42.4 Å². The zero-order chi connectivity index (χ0) is 19.2. The van der Waals surface area contributed by atoms with Crippen molar-refractivity contribution in [1.82, 2.24) is 4.90 Å². The summed E-state index contributed by atoms with van der Waals surface area (Å²) in [6, 6.07) is 9.77. The molecule has 7 nitrogen and oxygen atoms in total. The SMILES string of the molecule is I.NC(=NCC(c1ccco1)N1CCCCC1)Nc1ccc2c(c1)OCCCO2. The molecule has 2 aliphatic heterocycles. The summed E-state index contributed by atoms with van der Waals surface area (Å²) in [6.45, 7) is 4.01. The van der Waals surface area contributed by atoms with Gasteiger partial charge in [0.2, 0.25) is 0 Å². The lowest BCUT2D eigenvalue weighted by Crippen LogP contribution is -2.36. The summed E-state index contributed by atoms with van der Waals surface area (Å²) in [5, 5.41) is 3.16. The molecule has 3 heterocycles. The van der Waals surface area contributed by atoms with Gasteiger partial charge in [0.1, 0.15) is 5.76 Å². The summed E-state index contributed by atoms with van der Waals surface area (Å²) in [6.07, 6.45) is 6.32. The van der Waals surface area contributed by atoms with Gasteiger partial charge in [0.05, 0.1) is 32.1 Å². The lowest BCUT2D eigenvalue weighted by atomic mass is 10.1. The second-order valence-corrected chi connectivity index (χ2v) is 7.19. The van der Waals surface area contributed by atoms with Gasteiger partial charge in [-0.15, -0.1) is 24.0 Å². The van der Waals surface area contributed by atoms with Gasteiger partial charge >= 0.3 is 0 Å². The van der Waals surface area contributed by atoms with Crippen LogP contribution in [0.15, 0.2) is 46.0 Å². The molecule has 0 radical (unpaired) electrons. The normalized spacial score (nSPS) is 18.4. The number of likely N-dealkylation sites (tertiary alicyclic amines) is 1. The summed E-state index contributed by atoms with van der Waals surface area (Å²) < 4.78 is 17.1. The van der Waals surface area contributed by atoms with E-state index in [9.17, 15) is 0 Å². The molecule has 1 aromatic carbocycles. The van der Waals surface area contributed by atoms with Gasteiger partial charge in [-0.1, -0.05) is 6.42 Å². The van der Waals surface area contributed by atoms with E-state index in [1.165, 1.54) is 19.3 Å². The van der Waals surface area contributed by atoms with Gasteiger partial charge in [0, 0.05) is 18.2 Å². The highest BCUT2D eigenvalue weighted by molar-refractivity contribution is 14.0. The van der Waals surface area contributed by atoms with Crippen LogP contribution in [0.4, 0.5) is 5.69 Å². The standard InChI is InChI=1S/C21H28N4O3.HI/c22-21(24-16-7-8-19-20(14-16)28-13-5-12-27-19)23-15-17(18-6-4-11-26-18)25-9-2-1-3-10-25;/h4,6-8,11,14,17H,1-3,5,9-10,12-13,15H2,(H3,22,23,24);1H. The van der Waals surface area contributed by atoms with Crippen molar-refractivity contribution >= 4 is 35.6 Å². The third-order valence-electron chi connectivity index (χ3n) is 5.16. The lowest BCUT2D eigenvalue weighted by Gasteiger charge is -2.32. The molecule has 0 bridgehead atoms. The highest BCUT2D eigenvalue weighted by Crippen LogP contribution is 2.32. The van der Waals surface area contributed by atoms with Gasteiger partial charge in [-0.3, -0.25) is 9.89 Å². The number of ether oxygens (including phenoxy) is 2. The first-order chi connectivity index (χ1) is 13.8. The van der Waals surface area contributed by atoms with Gasteiger partial charge in [-0.05, 0) is 50.2 Å². The highest BCUT2D eigenvalue weighted by atomic mass is 127. The van der Waals surface area contributed by atoms with E-state index in [4.69, 9.17) is 19.6 Å². The highest BCUT2D eigenvalue weighted by Gasteiger charge is 2.24. The van der Waals surface area contributed by atoms with E-state index >= 15 is 0 Å². The molecule has 3 N–H and O–H groups in total. The van der Waals surface area contributed by atoms with Crippen LogP contribution < -0.4 is 20.5 Å². The molecule has 8 heteroatoms. The van der Waals surface area contributed by atoms with Crippen LogP contribution in [-0.2, 0) is 0 Å². The number of nitrogens with two attached hydrogens (primary N) is 1. The minimum Gasteiger partial charge on any atom is -0.490 e. The Morgan fingerprint density at radius 1 is 1.07 bits per heavy atom. The largest absolute Gasteiger partial charge is 0.490 e. The average Bonchev–Trinajstić information content (AvgIpc) is 3.14. The number of nitrogens with zero attached hydrogens (tertiary/aromatic N) is 2. The molecular formula is C21H29IN4O3. The molecule has 1 unspecified atom stereocenters. The number of benzene rings is 1. The molecular weight excluding hydrogens is 483 g/mol. The molecule has 2 aliphatic rings. The van der Waals surface area contributed by atoms with Crippen molar-refractivity contribution in [2.45, 2.75) is 31.7 Å². The summed E-state index contributed by atoms with van der Waals surface area (Å²) in [4.78, 5) is 7.03. The first-order valence-corrected chi connectivity index (χ1v) is 10.0. The fourth-order valence-corrected chi connectivity index (χ4v) is 3.71. The topological polar surface area (TPSA) is 85.2 Å². The number of furan rings is 1. The molecule has 1 aromatic heterocycles. The van der Waals surface area contributed by atoms with Crippen molar-refractivity contribution in [1.29, 1.82) is 0 Å². The zero-order valence-corrected chi connectivity index (χ0v) is 18.8. The number of halogens is 1. The van der Waals surface area contributed by atoms with Crippen molar-refractivity contribution < 1.29 is 13.9 Å². The Labute approximate surface area is 188 Å². The zero-order valence-electron chi connectivity index (χ0n) is 16.5. The van der Waals surface area contributed by atoms with Crippen molar-refractivity contribution in [2.24, 2.45) is 10.7 Å². The average molecular weight is 512 g/mol. The second kappa shape index (κ2) is 10.7. The van der Waals surface area contributed by atoms with E-state index < -0.39 is 0 Å². The number of anilines is 1. The van der Waals surface area contributed by atoms with E-state index in [0.717, 1.165) is 42.5 Å². The number of rotatable bonds is 5. The number of piperidine rings is 1. The van der Waals surface area contributed by atoms with Crippen LogP contribution in [0, 0.1) is 0 Å². The maximum Gasteiger partial charge on any atom is 0.193 e. The molecule has 0 aliphatic carbocycles. The maximum absolute atomic E-state index is 6.16. The molecule has 0 saturated carbocycles. The quantitative estimate of drug-likeness (QED) is 0.358. The van der Waals surface area contributed by atoms with Crippen LogP contribution in [0.5, 0.6) is 11.5 Å². The Bertz CT molecular complexity index is 791. The van der Waals surface area contributed by atoms with E-state index in [-0.39, 0.29) is 30.0 Å². The van der Waals surface area contributed by atoms with Crippen molar-refractivity contribution in [3.8, 4) is 11.5 Å². The monoisotopic (exact) mass is 512 g/mol. The summed E-state index contributed by atoms with van der Waals surface area (Å²) in [5.41, 5.74) is 6.99. The summed E-state index contributed by atoms with van der Waals surface area (Å²) >= 11 is 0. The minimum atomic E-state index is 0. The number of guanidine groups is 1. The molecule has 4 rings (SSSR count). The van der Waals surface area contributed by atoms with Gasteiger partial charge in [-0.2, -0.15) is 0 Å². The number of hydrogen-bond donors (Lipinski definition) is 2. The van der Waals surface area contributed by atoms with E-state index in [2.05, 4.69) is 15.2 Å². The van der Waals surface area contributed by atoms with Crippen molar-refractivity contribution in [2.75, 3.05) is 38.2 Å². The Hall–Kier alpha value is -1.94. The predicted octanol–water partition coefficient (Wildman–Crippen LogP) is 4.01. The Kier molecular flexibility index (Phi) is 8.05. The van der Waals surface area contributed by atoms with Gasteiger partial charge < -0.3 is 24.9 Å². The van der Waals surface area contributed by atoms with E-state index in [1.54, 1.807) is 6.26 Å². The van der Waals surface area contributed by atoms with Crippen LogP contribution in [0.2, 0.25) is 0 Å². The van der Waals surface area contributed by atoms with Gasteiger partial charge in [0.25, 0.3) is 0 Å². The number of aliphatic imine (C=N–C) groups is 1. The summed E-state index contributed by atoms with van der Waals surface area (Å²) in [7, 11) is 0.